The Bertz CT molecular complexity index is 892. The number of hydrogen-bond acceptors (Lipinski definition) is 2. The molecular formula is C24H31FN4O. The van der Waals surface area contributed by atoms with Gasteiger partial charge in [-0.2, -0.15) is 0 Å². The van der Waals surface area contributed by atoms with Crippen molar-refractivity contribution >= 4 is 11.9 Å². The lowest BCUT2D eigenvalue weighted by Crippen LogP contribution is -2.43. The van der Waals surface area contributed by atoms with Crippen molar-refractivity contribution in [2.24, 2.45) is 4.99 Å². The monoisotopic (exact) mass is 410 g/mol. The Labute approximate surface area is 178 Å². The van der Waals surface area contributed by atoms with Crippen LogP contribution in [0.5, 0.6) is 0 Å². The second kappa shape index (κ2) is 9.74. The Morgan fingerprint density at radius 3 is 2.50 bits per heavy atom. The Kier molecular flexibility index (Phi) is 7.08. The van der Waals surface area contributed by atoms with Gasteiger partial charge in [-0.3, -0.25) is 9.79 Å². The molecule has 3 rings (SSSR count). The number of likely N-dealkylation sites (tertiary alicyclic amines) is 1. The minimum atomic E-state index is -0.242. The van der Waals surface area contributed by atoms with E-state index < -0.39 is 0 Å². The SMILES string of the molecule is CN=C(NCc1ccc(CN2CCCC2=O)cc1)NCC(C)(C)c1cccc(F)c1. The minimum absolute atomic E-state index is 0.222. The smallest absolute Gasteiger partial charge is 0.222 e. The van der Waals surface area contributed by atoms with Crippen LogP contribution in [0.25, 0.3) is 0 Å². The number of rotatable bonds is 7. The number of amides is 1. The minimum Gasteiger partial charge on any atom is -0.356 e. The summed E-state index contributed by atoms with van der Waals surface area (Å²) in [5.41, 5.74) is 2.98. The number of benzene rings is 2. The molecule has 0 atom stereocenters. The molecule has 1 saturated heterocycles. The van der Waals surface area contributed by atoms with Crippen molar-refractivity contribution in [3.8, 4) is 0 Å². The zero-order chi connectivity index (χ0) is 21.6. The fraction of sp³-hybridized carbons (Fsp3) is 0.417. The van der Waals surface area contributed by atoms with Crippen molar-refractivity contribution < 1.29 is 9.18 Å². The van der Waals surface area contributed by atoms with Crippen LogP contribution in [0.2, 0.25) is 0 Å². The number of carbonyl (C=O) groups is 1. The lowest BCUT2D eigenvalue weighted by molar-refractivity contribution is -0.128. The first kappa shape index (κ1) is 21.8. The normalized spacial score (nSPS) is 14.9. The molecule has 1 aliphatic heterocycles. The third-order valence-corrected chi connectivity index (χ3v) is 5.56. The average molecular weight is 411 g/mol. The summed E-state index contributed by atoms with van der Waals surface area (Å²) < 4.78 is 13.6. The molecule has 1 fully saturated rings. The molecule has 0 unspecified atom stereocenters. The van der Waals surface area contributed by atoms with E-state index >= 15 is 0 Å². The predicted octanol–water partition coefficient (Wildman–Crippen LogP) is 3.59. The van der Waals surface area contributed by atoms with Crippen LogP contribution < -0.4 is 10.6 Å². The zero-order valence-corrected chi connectivity index (χ0v) is 18.0. The number of guanidine groups is 1. The van der Waals surface area contributed by atoms with E-state index in [9.17, 15) is 9.18 Å². The molecule has 6 heteroatoms. The van der Waals surface area contributed by atoms with Crippen LogP contribution in [-0.4, -0.2) is 36.9 Å². The summed E-state index contributed by atoms with van der Waals surface area (Å²) in [6, 6.07) is 15.0. The Hall–Kier alpha value is -2.89. The maximum Gasteiger partial charge on any atom is 0.222 e. The van der Waals surface area contributed by atoms with Crippen LogP contribution in [0.4, 0.5) is 4.39 Å². The second-order valence-electron chi connectivity index (χ2n) is 8.41. The standard InChI is InChI=1S/C24H31FN4O/c1-24(2,20-6-4-7-21(25)14-20)17-28-23(26-3)27-15-18-9-11-19(12-10-18)16-29-13-5-8-22(29)30/h4,6-7,9-12,14H,5,8,13,15-17H2,1-3H3,(H2,26,27,28). The summed E-state index contributed by atoms with van der Waals surface area (Å²) in [6.07, 6.45) is 1.63. The Balaban J connectivity index is 1.49. The topological polar surface area (TPSA) is 56.7 Å². The molecule has 1 heterocycles. The van der Waals surface area contributed by atoms with Crippen LogP contribution in [0, 0.1) is 5.82 Å². The molecule has 5 nitrogen and oxygen atoms in total. The molecule has 0 spiro atoms. The van der Waals surface area contributed by atoms with Gasteiger partial charge in [0.2, 0.25) is 5.91 Å². The number of aliphatic imine (C=N–C) groups is 1. The second-order valence-corrected chi connectivity index (χ2v) is 8.41. The fourth-order valence-electron chi connectivity index (χ4n) is 3.58. The van der Waals surface area contributed by atoms with Crippen molar-refractivity contribution in [1.82, 2.24) is 15.5 Å². The molecule has 0 aromatic heterocycles. The van der Waals surface area contributed by atoms with Gasteiger partial charge in [-0.15, -0.1) is 0 Å². The first-order chi connectivity index (χ1) is 14.4. The fourth-order valence-corrected chi connectivity index (χ4v) is 3.58. The van der Waals surface area contributed by atoms with Gasteiger partial charge in [0.15, 0.2) is 5.96 Å². The van der Waals surface area contributed by atoms with Gasteiger partial charge in [-0.05, 0) is 35.2 Å². The highest BCUT2D eigenvalue weighted by Gasteiger charge is 2.22. The van der Waals surface area contributed by atoms with E-state index in [0.717, 1.165) is 29.7 Å². The predicted molar refractivity (Wildman–Crippen MR) is 119 cm³/mol. The highest BCUT2D eigenvalue weighted by Crippen LogP contribution is 2.22. The van der Waals surface area contributed by atoms with Gasteiger partial charge in [0, 0.05) is 45.1 Å². The van der Waals surface area contributed by atoms with Crippen LogP contribution >= 0.6 is 0 Å². The summed E-state index contributed by atoms with van der Waals surface area (Å²) in [6.45, 7) is 6.96. The molecule has 0 bridgehead atoms. The Morgan fingerprint density at radius 1 is 1.13 bits per heavy atom. The van der Waals surface area contributed by atoms with Gasteiger partial charge in [0.1, 0.15) is 5.82 Å². The number of nitrogens with zero attached hydrogens (tertiary/aromatic N) is 2. The van der Waals surface area contributed by atoms with Crippen molar-refractivity contribution in [1.29, 1.82) is 0 Å². The molecule has 2 aromatic carbocycles. The van der Waals surface area contributed by atoms with Gasteiger partial charge < -0.3 is 15.5 Å². The molecule has 2 aromatic rings. The van der Waals surface area contributed by atoms with Crippen LogP contribution in [-0.2, 0) is 23.3 Å². The summed E-state index contributed by atoms with van der Waals surface area (Å²) >= 11 is 0. The molecule has 0 saturated carbocycles. The van der Waals surface area contributed by atoms with Gasteiger partial charge in [0.25, 0.3) is 0 Å². The molecule has 2 N–H and O–H groups in total. The van der Waals surface area contributed by atoms with Crippen molar-refractivity contribution in [2.45, 2.75) is 45.2 Å². The van der Waals surface area contributed by atoms with E-state index in [1.54, 1.807) is 19.2 Å². The molecule has 160 valence electrons. The van der Waals surface area contributed by atoms with Crippen LogP contribution in [0.1, 0.15) is 43.4 Å². The highest BCUT2D eigenvalue weighted by atomic mass is 19.1. The summed E-state index contributed by atoms with van der Waals surface area (Å²) in [7, 11) is 1.74. The summed E-state index contributed by atoms with van der Waals surface area (Å²) in [5, 5.41) is 6.66. The number of halogens is 1. The number of carbonyl (C=O) groups excluding carboxylic acids is 1. The van der Waals surface area contributed by atoms with Gasteiger partial charge in [-0.1, -0.05) is 50.2 Å². The van der Waals surface area contributed by atoms with E-state index in [1.165, 1.54) is 6.07 Å². The first-order valence-corrected chi connectivity index (χ1v) is 10.4. The largest absolute Gasteiger partial charge is 0.356 e. The highest BCUT2D eigenvalue weighted by molar-refractivity contribution is 5.79. The maximum atomic E-state index is 13.6. The molecule has 30 heavy (non-hydrogen) atoms. The van der Waals surface area contributed by atoms with Crippen molar-refractivity contribution in [2.75, 3.05) is 20.1 Å². The molecular weight excluding hydrogens is 379 g/mol. The van der Waals surface area contributed by atoms with Crippen molar-refractivity contribution in [3.05, 3.63) is 71.0 Å². The van der Waals surface area contributed by atoms with E-state index in [0.29, 0.717) is 32.0 Å². The molecule has 0 radical (unpaired) electrons. The molecule has 1 aliphatic rings. The molecule has 0 aliphatic carbocycles. The van der Waals surface area contributed by atoms with E-state index in [1.807, 2.05) is 11.0 Å². The van der Waals surface area contributed by atoms with Gasteiger partial charge >= 0.3 is 0 Å². The van der Waals surface area contributed by atoms with E-state index in [-0.39, 0.29) is 17.1 Å². The molecule has 1 amide bonds. The van der Waals surface area contributed by atoms with Crippen LogP contribution in [0.3, 0.4) is 0 Å². The van der Waals surface area contributed by atoms with Crippen LogP contribution in [0.15, 0.2) is 53.5 Å². The van der Waals surface area contributed by atoms with Gasteiger partial charge in [-0.25, -0.2) is 4.39 Å². The van der Waals surface area contributed by atoms with Crippen molar-refractivity contribution in [3.63, 3.8) is 0 Å². The lowest BCUT2D eigenvalue weighted by atomic mass is 9.84. The third-order valence-electron chi connectivity index (χ3n) is 5.56. The van der Waals surface area contributed by atoms with E-state index in [4.69, 9.17) is 0 Å². The van der Waals surface area contributed by atoms with E-state index in [2.05, 4.69) is 53.7 Å². The van der Waals surface area contributed by atoms with Gasteiger partial charge in [0.05, 0.1) is 0 Å². The summed E-state index contributed by atoms with van der Waals surface area (Å²) in [4.78, 5) is 18.0. The average Bonchev–Trinajstić information content (AvgIpc) is 3.13. The third kappa shape index (κ3) is 5.81. The Morgan fingerprint density at radius 2 is 1.87 bits per heavy atom. The zero-order valence-electron chi connectivity index (χ0n) is 18.0. The quantitative estimate of drug-likeness (QED) is 0.542. The maximum absolute atomic E-state index is 13.6. The number of hydrogen-bond donors (Lipinski definition) is 2. The lowest BCUT2D eigenvalue weighted by Gasteiger charge is -2.27. The summed E-state index contributed by atoms with van der Waals surface area (Å²) in [5.74, 6) is 0.726. The first-order valence-electron chi connectivity index (χ1n) is 10.4. The number of nitrogens with one attached hydrogen (secondary N) is 2.